The Hall–Kier alpha value is -2.54. The van der Waals surface area contributed by atoms with E-state index in [-0.39, 0.29) is 30.0 Å². The van der Waals surface area contributed by atoms with Gasteiger partial charge >= 0.3 is 0 Å². The molecule has 2 aromatic heterocycles. The Balaban J connectivity index is 1.50. The fraction of sp³-hybridized carbons (Fsp3) is 0.412. The minimum absolute atomic E-state index is 0.0104. The lowest BCUT2D eigenvalue weighted by molar-refractivity contribution is -0.0478. The fourth-order valence-electron chi connectivity index (χ4n) is 3.37. The van der Waals surface area contributed by atoms with Crippen LogP contribution < -0.4 is 4.74 Å². The standard InChI is InChI=1S/C17H18N4O3/c22-17(16-19-8-3-9-20-16)21-10-5-13(15-12(21)6-11-23-15)24-14-4-1-2-7-18-14/h1-4,7-9,12-13,15H,5-6,10-11H2/t12-,13+,15-/m0/s1. The molecule has 0 unspecified atom stereocenters. The summed E-state index contributed by atoms with van der Waals surface area (Å²) in [5.74, 6) is 0.669. The second-order valence-electron chi connectivity index (χ2n) is 5.88. The van der Waals surface area contributed by atoms with E-state index in [4.69, 9.17) is 9.47 Å². The first kappa shape index (κ1) is 15.0. The van der Waals surface area contributed by atoms with E-state index in [0.717, 1.165) is 6.42 Å². The van der Waals surface area contributed by atoms with Gasteiger partial charge in [0.15, 0.2) is 0 Å². The Morgan fingerprint density at radius 3 is 2.75 bits per heavy atom. The van der Waals surface area contributed by atoms with Gasteiger partial charge in [-0.3, -0.25) is 4.79 Å². The first-order valence-corrected chi connectivity index (χ1v) is 8.10. The Kier molecular flexibility index (Phi) is 4.08. The number of hydrogen-bond donors (Lipinski definition) is 0. The van der Waals surface area contributed by atoms with Crippen molar-refractivity contribution in [2.45, 2.75) is 31.1 Å². The lowest BCUT2D eigenvalue weighted by atomic mass is 9.95. The number of ether oxygens (including phenoxy) is 2. The first-order valence-electron chi connectivity index (χ1n) is 8.10. The van der Waals surface area contributed by atoms with Gasteiger partial charge in [0.2, 0.25) is 11.7 Å². The van der Waals surface area contributed by atoms with Gasteiger partial charge in [0.1, 0.15) is 12.2 Å². The minimum atomic E-state index is -0.146. The zero-order chi connectivity index (χ0) is 16.4. The molecule has 2 aromatic rings. The molecule has 0 bridgehead atoms. The molecule has 3 atom stereocenters. The molecule has 2 fully saturated rings. The lowest BCUT2D eigenvalue weighted by Gasteiger charge is -2.40. The quantitative estimate of drug-likeness (QED) is 0.847. The summed E-state index contributed by atoms with van der Waals surface area (Å²) in [6, 6.07) is 7.26. The van der Waals surface area contributed by atoms with Crippen LogP contribution in [0.2, 0.25) is 0 Å². The smallest absolute Gasteiger partial charge is 0.291 e. The van der Waals surface area contributed by atoms with E-state index < -0.39 is 0 Å². The van der Waals surface area contributed by atoms with Crippen molar-refractivity contribution in [2.75, 3.05) is 13.2 Å². The Bertz CT molecular complexity index is 697. The van der Waals surface area contributed by atoms with Gasteiger partial charge < -0.3 is 14.4 Å². The third kappa shape index (κ3) is 2.82. The molecule has 2 saturated heterocycles. The van der Waals surface area contributed by atoms with E-state index in [2.05, 4.69) is 15.0 Å². The van der Waals surface area contributed by atoms with Crippen molar-refractivity contribution in [3.8, 4) is 5.88 Å². The molecule has 0 saturated carbocycles. The second kappa shape index (κ2) is 6.52. The van der Waals surface area contributed by atoms with Gasteiger partial charge in [-0.1, -0.05) is 6.07 Å². The van der Waals surface area contributed by atoms with Crippen molar-refractivity contribution in [3.05, 3.63) is 48.7 Å². The summed E-state index contributed by atoms with van der Waals surface area (Å²) in [6.07, 6.45) is 6.11. The van der Waals surface area contributed by atoms with Crippen LogP contribution in [0.25, 0.3) is 0 Å². The van der Waals surface area contributed by atoms with E-state index in [1.807, 2.05) is 23.1 Å². The third-order valence-corrected chi connectivity index (χ3v) is 4.45. The van der Waals surface area contributed by atoms with Crippen molar-refractivity contribution in [1.29, 1.82) is 0 Å². The molecule has 0 aliphatic carbocycles. The van der Waals surface area contributed by atoms with Crippen LogP contribution in [-0.2, 0) is 4.74 Å². The van der Waals surface area contributed by atoms with Gasteiger partial charge in [-0.15, -0.1) is 0 Å². The molecule has 2 aliphatic rings. The SMILES string of the molecule is O=C(c1ncccn1)N1CC[C@@H](Oc2ccccn2)[C@H]2OCC[C@@H]21. The highest BCUT2D eigenvalue weighted by molar-refractivity contribution is 5.90. The molecule has 0 spiro atoms. The average Bonchev–Trinajstić information content (AvgIpc) is 3.13. The van der Waals surface area contributed by atoms with Gasteiger partial charge in [0.25, 0.3) is 5.91 Å². The van der Waals surface area contributed by atoms with Crippen molar-refractivity contribution in [1.82, 2.24) is 19.9 Å². The number of nitrogens with zero attached hydrogens (tertiary/aromatic N) is 4. The Morgan fingerprint density at radius 2 is 1.96 bits per heavy atom. The molecule has 7 nitrogen and oxygen atoms in total. The minimum Gasteiger partial charge on any atom is -0.471 e. The van der Waals surface area contributed by atoms with E-state index in [1.54, 1.807) is 24.7 Å². The van der Waals surface area contributed by atoms with Crippen LogP contribution in [0.1, 0.15) is 23.5 Å². The number of carbonyl (C=O) groups excluding carboxylic acids is 1. The van der Waals surface area contributed by atoms with Crippen molar-refractivity contribution in [3.63, 3.8) is 0 Å². The summed E-state index contributed by atoms with van der Waals surface area (Å²) in [6.45, 7) is 1.22. The summed E-state index contributed by atoms with van der Waals surface area (Å²) >= 11 is 0. The fourth-order valence-corrected chi connectivity index (χ4v) is 3.37. The summed E-state index contributed by atoms with van der Waals surface area (Å²) in [5.41, 5.74) is 0. The van der Waals surface area contributed by atoms with Gasteiger partial charge in [-0.25, -0.2) is 15.0 Å². The van der Waals surface area contributed by atoms with Crippen LogP contribution in [-0.4, -0.2) is 57.2 Å². The lowest BCUT2D eigenvalue weighted by Crippen LogP contribution is -2.56. The van der Waals surface area contributed by atoms with Gasteiger partial charge in [-0.2, -0.15) is 0 Å². The van der Waals surface area contributed by atoms with E-state index >= 15 is 0 Å². The zero-order valence-corrected chi connectivity index (χ0v) is 13.1. The van der Waals surface area contributed by atoms with E-state index in [1.165, 1.54) is 0 Å². The van der Waals surface area contributed by atoms with Crippen LogP contribution >= 0.6 is 0 Å². The van der Waals surface area contributed by atoms with Crippen LogP contribution in [0.15, 0.2) is 42.9 Å². The summed E-state index contributed by atoms with van der Waals surface area (Å²) in [4.78, 5) is 26.9. The molecule has 0 radical (unpaired) electrons. The Morgan fingerprint density at radius 1 is 1.12 bits per heavy atom. The van der Waals surface area contributed by atoms with Gasteiger partial charge in [0, 0.05) is 44.2 Å². The number of aromatic nitrogens is 3. The monoisotopic (exact) mass is 326 g/mol. The van der Waals surface area contributed by atoms with E-state index in [9.17, 15) is 4.79 Å². The van der Waals surface area contributed by atoms with Crippen molar-refractivity contribution < 1.29 is 14.3 Å². The first-order chi connectivity index (χ1) is 11.8. The van der Waals surface area contributed by atoms with Crippen molar-refractivity contribution in [2.24, 2.45) is 0 Å². The highest BCUT2D eigenvalue weighted by atomic mass is 16.5. The molecule has 4 heterocycles. The van der Waals surface area contributed by atoms with Crippen LogP contribution in [0.4, 0.5) is 0 Å². The largest absolute Gasteiger partial charge is 0.471 e. The summed E-state index contributed by atoms with van der Waals surface area (Å²) < 4.78 is 11.9. The molecule has 124 valence electrons. The number of fused-ring (bicyclic) bond motifs is 1. The van der Waals surface area contributed by atoms with Crippen LogP contribution in [0, 0.1) is 0 Å². The zero-order valence-electron chi connectivity index (χ0n) is 13.1. The number of rotatable bonds is 3. The molecule has 4 rings (SSSR count). The highest BCUT2D eigenvalue weighted by Gasteiger charge is 2.45. The topological polar surface area (TPSA) is 77.4 Å². The van der Waals surface area contributed by atoms with Gasteiger partial charge in [-0.05, 0) is 18.6 Å². The van der Waals surface area contributed by atoms with E-state index in [0.29, 0.717) is 25.5 Å². The molecule has 24 heavy (non-hydrogen) atoms. The molecular formula is C17H18N4O3. The predicted molar refractivity (Wildman–Crippen MR) is 84.5 cm³/mol. The number of pyridine rings is 1. The third-order valence-electron chi connectivity index (χ3n) is 4.45. The maximum absolute atomic E-state index is 12.7. The number of amides is 1. The van der Waals surface area contributed by atoms with Gasteiger partial charge in [0.05, 0.1) is 6.04 Å². The molecular weight excluding hydrogens is 308 g/mol. The molecule has 1 amide bonds. The number of carbonyl (C=O) groups is 1. The molecule has 2 aliphatic heterocycles. The summed E-state index contributed by atoms with van der Waals surface area (Å²) in [7, 11) is 0. The van der Waals surface area contributed by atoms with Crippen LogP contribution in [0.3, 0.4) is 0 Å². The molecule has 0 aromatic carbocycles. The number of hydrogen-bond acceptors (Lipinski definition) is 6. The van der Waals surface area contributed by atoms with Crippen molar-refractivity contribution >= 4 is 5.91 Å². The number of piperidine rings is 1. The summed E-state index contributed by atoms with van der Waals surface area (Å²) in [5, 5.41) is 0. The molecule has 7 heteroatoms. The van der Waals surface area contributed by atoms with Crippen LogP contribution in [0.5, 0.6) is 5.88 Å². The normalized spacial score (nSPS) is 26.0. The molecule has 0 N–H and O–H groups in total. The predicted octanol–water partition coefficient (Wildman–Crippen LogP) is 1.32. The second-order valence-corrected chi connectivity index (χ2v) is 5.88. The highest BCUT2D eigenvalue weighted by Crippen LogP contribution is 2.31. The number of likely N-dealkylation sites (tertiary alicyclic amines) is 1. The maximum atomic E-state index is 12.7. The maximum Gasteiger partial charge on any atom is 0.291 e. The Labute approximate surface area is 139 Å². The average molecular weight is 326 g/mol.